The number of aromatic nitrogens is 2. The molecular weight excluding hydrogens is 388 g/mol. The van der Waals surface area contributed by atoms with Crippen LogP contribution in [0.2, 0.25) is 0 Å². The molecule has 2 amide bonds. The fourth-order valence-corrected chi connectivity index (χ4v) is 2.61. The molecule has 1 aromatic carbocycles. The van der Waals surface area contributed by atoms with Gasteiger partial charge in [-0.05, 0) is 59.7 Å². The van der Waals surface area contributed by atoms with Crippen molar-refractivity contribution in [3.8, 4) is 0 Å². The van der Waals surface area contributed by atoms with Gasteiger partial charge in [-0.3, -0.25) is 14.8 Å². The Morgan fingerprint density at radius 1 is 1.13 bits per heavy atom. The second-order valence-electron chi connectivity index (χ2n) is 7.91. The number of nitrogens with one attached hydrogen (secondary N) is 2. The molecule has 0 bridgehead atoms. The van der Waals surface area contributed by atoms with Crippen LogP contribution in [0, 0.1) is 13.8 Å². The number of hydrogen-bond acceptors (Lipinski definition) is 6. The first-order valence-electron chi connectivity index (χ1n) is 9.49. The van der Waals surface area contributed by atoms with Crippen LogP contribution in [0.25, 0.3) is 0 Å². The Balaban J connectivity index is 2.01. The highest BCUT2D eigenvalue weighted by Crippen LogP contribution is 2.19. The molecular formula is C21H28N4O5. The molecule has 30 heavy (non-hydrogen) atoms. The molecule has 0 aliphatic heterocycles. The van der Waals surface area contributed by atoms with Gasteiger partial charge in [0.2, 0.25) is 0 Å². The van der Waals surface area contributed by atoms with E-state index in [1.807, 2.05) is 6.92 Å². The summed E-state index contributed by atoms with van der Waals surface area (Å²) in [4.78, 5) is 36.8. The van der Waals surface area contributed by atoms with E-state index in [1.54, 1.807) is 51.6 Å². The lowest BCUT2D eigenvalue weighted by Crippen LogP contribution is -2.30. The Morgan fingerprint density at radius 3 is 2.37 bits per heavy atom. The van der Waals surface area contributed by atoms with Crippen LogP contribution in [0.15, 0.2) is 24.3 Å². The molecule has 2 N–H and O–H groups in total. The number of rotatable bonds is 5. The predicted molar refractivity (Wildman–Crippen MR) is 112 cm³/mol. The fraction of sp³-hybridized carbons (Fsp3) is 0.429. The summed E-state index contributed by atoms with van der Waals surface area (Å²) in [5.74, 6) is -1.16. The Bertz CT molecular complexity index is 959. The van der Waals surface area contributed by atoms with Crippen LogP contribution >= 0.6 is 0 Å². The molecule has 2 aromatic rings. The quantitative estimate of drug-likeness (QED) is 0.721. The summed E-state index contributed by atoms with van der Waals surface area (Å²) in [6.45, 7) is 10.3. The summed E-state index contributed by atoms with van der Waals surface area (Å²) in [6, 6.07) is 6.19. The third-order valence-corrected chi connectivity index (χ3v) is 4.15. The summed E-state index contributed by atoms with van der Waals surface area (Å²) >= 11 is 0. The van der Waals surface area contributed by atoms with E-state index in [4.69, 9.17) is 9.47 Å². The molecule has 1 heterocycles. The Kier molecular flexibility index (Phi) is 6.86. The molecule has 162 valence electrons. The highest BCUT2D eigenvalue weighted by atomic mass is 16.6. The van der Waals surface area contributed by atoms with Crippen LogP contribution in [0.4, 0.5) is 16.2 Å². The third kappa shape index (κ3) is 6.07. The van der Waals surface area contributed by atoms with Crippen LogP contribution in [-0.2, 0) is 21.3 Å². The SMILES string of the molecule is Cc1nn(C)c(C)c1NC(=O)[C@@H](C)OC(=O)c1cccc(NC(=O)OC(C)(C)C)c1. The van der Waals surface area contributed by atoms with Gasteiger partial charge in [-0.15, -0.1) is 0 Å². The molecule has 0 aliphatic rings. The number of carbonyl (C=O) groups excluding carboxylic acids is 3. The van der Waals surface area contributed by atoms with Crippen molar-refractivity contribution >= 4 is 29.3 Å². The summed E-state index contributed by atoms with van der Waals surface area (Å²) < 4.78 is 12.1. The van der Waals surface area contributed by atoms with Gasteiger partial charge in [0.25, 0.3) is 5.91 Å². The molecule has 0 unspecified atom stereocenters. The van der Waals surface area contributed by atoms with Gasteiger partial charge < -0.3 is 14.8 Å². The van der Waals surface area contributed by atoms with Gasteiger partial charge in [0.15, 0.2) is 6.10 Å². The van der Waals surface area contributed by atoms with Crippen molar-refractivity contribution in [2.75, 3.05) is 10.6 Å². The number of esters is 1. The molecule has 2 rings (SSSR count). The maximum Gasteiger partial charge on any atom is 0.412 e. The van der Waals surface area contributed by atoms with Crippen molar-refractivity contribution in [1.29, 1.82) is 0 Å². The standard InChI is InChI=1S/C21H28N4O5/c1-12-17(13(2)25(7)24-12)23-18(26)14(3)29-19(27)15-9-8-10-16(11-15)22-20(28)30-21(4,5)6/h8-11,14H,1-7H3,(H,22,28)(H,23,26)/t14-/m1/s1. The van der Waals surface area contributed by atoms with Crippen LogP contribution in [-0.4, -0.2) is 39.5 Å². The van der Waals surface area contributed by atoms with Crippen molar-refractivity contribution in [1.82, 2.24) is 9.78 Å². The van der Waals surface area contributed by atoms with E-state index in [0.29, 0.717) is 17.1 Å². The van der Waals surface area contributed by atoms with Gasteiger partial charge in [-0.25, -0.2) is 9.59 Å². The molecule has 0 radical (unpaired) electrons. The van der Waals surface area contributed by atoms with E-state index in [1.165, 1.54) is 19.1 Å². The summed E-state index contributed by atoms with van der Waals surface area (Å²) in [6.07, 6.45) is -1.66. The molecule has 1 atom stereocenters. The highest BCUT2D eigenvalue weighted by Gasteiger charge is 2.22. The first kappa shape index (κ1) is 22.9. The molecule has 9 heteroatoms. The van der Waals surface area contributed by atoms with Crippen LogP contribution in [0.1, 0.15) is 49.4 Å². The highest BCUT2D eigenvalue weighted by molar-refractivity contribution is 5.98. The van der Waals surface area contributed by atoms with Gasteiger partial charge in [0.05, 0.1) is 22.6 Å². The van der Waals surface area contributed by atoms with Crippen LogP contribution in [0.5, 0.6) is 0 Å². The van der Waals surface area contributed by atoms with Gasteiger partial charge >= 0.3 is 12.1 Å². The van der Waals surface area contributed by atoms with Gasteiger partial charge in [-0.2, -0.15) is 5.10 Å². The van der Waals surface area contributed by atoms with E-state index in [0.717, 1.165) is 5.69 Å². The van der Waals surface area contributed by atoms with Gasteiger partial charge in [-0.1, -0.05) is 6.07 Å². The summed E-state index contributed by atoms with van der Waals surface area (Å²) in [5.41, 5.74) is 1.97. The number of hydrogen-bond donors (Lipinski definition) is 2. The second kappa shape index (κ2) is 8.98. The monoisotopic (exact) mass is 416 g/mol. The summed E-state index contributed by atoms with van der Waals surface area (Å²) in [7, 11) is 1.78. The number of ether oxygens (including phenoxy) is 2. The predicted octanol–water partition coefficient (Wildman–Crippen LogP) is 3.57. The fourth-order valence-electron chi connectivity index (χ4n) is 2.61. The first-order valence-corrected chi connectivity index (χ1v) is 9.49. The minimum atomic E-state index is -1.03. The Morgan fingerprint density at radius 2 is 1.80 bits per heavy atom. The van der Waals surface area contributed by atoms with Crippen molar-refractivity contribution in [3.63, 3.8) is 0 Å². The minimum absolute atomic E-state index is 0.192. The first-order chi connectivity index (χ1) is 13.9. The number of benzene rings is 1. The lowest BCUT2D eigenvalue weighted by Gasteiger charge is -2.19. The maximum absolute atomic E-state index is 12.5. The number of amides is 2. The van der Waals surface area contributed by atoms with Crippen molar-refractivity contribution in [2.24, 2.45) is 7.05 Å². The zero-order valence-electron chi connectivity index (χ0n) is 18.3. The summed E-state index contributed by atoms with van der Waals surface area (Å²) in [5, 5.41) is 9.54. The zero-order chi connectivity index (χ0) is 22.6. The molecule has 0 spiro atoms. The zero-order valence-corrected chi connectivity index (χ0v) is 18.3. The van der Waals surface area contributed by atoms with Gasteiger partial charge in [0.1, 0.15) is 5.60 Å². The van der Waals surface area contributed by atoms with E-state index >= 15 is 0 Å². The number of carbonyl (C=O) groups is 3. The molecule has 0 saturated heterocycles. The lowest BCUT2D eigenvalue weighted by molar-refractivity contribution is -0.123. The Labute approximate surface area is 175 Å². The van der Waals surface area contributed by atoms with Crippen molar-refractivity contribution < 1.29 is 23.9 Å². The van der Waals surface area contributed by atoms with Gasteiger partial charge in [0, 0.05) is 12.7 Å². The van der Waals surface area contributed by atoms with Crippen LogP contribution < -0.4 is 10.6 Å². The molecule has 0 fully saturated rings. The molecule has 0 aliphatic carbocycles. The van der Waals surface area contributed by atoms with E-state index < -0.39 is 29.7 Å². The van der Waals surface area contributed by atoms with Crippen molar-refractivity contribution in [2.45, 2.75) is 53.2 Å². The Hall–Kier alpha value is -3.36. The van der Waals surface area contributed by atoms with Crippen molar-refractivity contribution in [3.05, 3.63) is 41.2 Å². The number of nitrogens with zero attached hydrogens (tertiary/aromatic N) is 2. The lowest BCUT2D eigenvalue weighted by atomic mass is 10.2. The second-order valence-corrected chi connectivity index (χ2v) is 7.91. The smallest absolute Gasteiger partial charge is 0.412 e. The van der Waals surface area contributed by atoms with E-state index in [-0.39, 0.29) is 5.56 Å². The van der Waals surface area contributed by atoms with E-state index in [9.17, 15) is 14.4 Å². The number of aryl methyl sites for hydroxylation is 2. The van der Waals surface area contributed by atoms with E-state index in [2.05, 4.69) is 15.7 Å². The molecule has 9 nitrogen and oxygen atoms in total. The average Bonchev–Trinajstić information content (AvgIpc) is 2.86. The topological polar surface area (TPSA) is 112 Å². The van der Waals surface area contributed by atoms with Crippen LogP contribution in [0.3, 0.4) is 0 Å². The number of anilines is 2. The molecule has 0 saturated carbocycles. The minimum Gasteiger partial charge on any atom is -0.449 e. The largest absolute Gasteiger partial charge is 0.449 e. The maximum atomic E-state index is 12.5. The average molecular weight is 416 g/mol. The third-order valence-electron chi connectivity index (χ3n) is 4.15. The normalized spacial score (nSPS) is 12.1. The molecule has 1 aromatic heterocycles.